The molecule has 0 spiro atoms. The Hall–Kier alpha value is -2.05. The van der Waals surface area contributed by atoms with Crippen molar-refractivity contribution in [2.45, 2.75) is 19.0 Å². The van der Waals surface area contributed by atoms with Crippen molar-refractivity contribution in [3.8, 4) is 0 Å². The molecule has 1 fully saturated rings. The van der Waals surface area contributed by atoms with E-state index in [0.717, 1.165) is 0 Å². The first-order valence-electron chi connectivity index (χ1n) is 5.95. The average molecular weight is 287 g/mol. The summed E-state index contributed by atoms with van der Waals surface area (Å²) in [6, 6.07) is 5.31. The summed E-state index contributed by atoms with van der Waals surface area (Å²) in [5.74, 6) is -2.63. The highest BCUT2D eigenvalue weighted by Gasteiger charge is 2.48. The molecule has 0 saturated heterocycles. The molecule has 0 aliphatic heterocycles. The Morgan fingerprint density at radius 2 is 1.80 bits per heavy atom. The van der Waals surface area contributed by atoms with Gasteiger partial charge in [0.2, 0.25) is 5.91 Å². The molecular weight excluding hydrogens is 275 g/mol. The van der Waals surface area contributed by atoms with Gasteiger partial charge < -0.3 is 10.4 Å². The molecule has 0 aromatic heterocycles. The third-order valence-electron chi connectivity index (χ3n) is 3.07. The van der Waals surface area contributed by atoms with Gasteiger partial charge in [0.15, 0.2) is 0 Å². The van der Waals surface area contributed by atoms with Gasteiger partial charge in [-0.15, -0.1) is 0 Å². The standard InChI is InChI=1S/C13H12F3NO3/c14-13(15,16)6-7-1-3-8(4-2-7)17-11(18)9-5-10(9)12(19)20/h1-4,9-10H,5-6H2,(H,17,18)(H,19,20)/t9-,10+/m0/s1. The maximum absolute atomic E-state index is 12.2. The van der Waals surface area contributed by atoms with Crippen molar-refractivity contribution in [1.29, 1.82) is 0 Å². The van der Waals surface area contributed by atoms with Crippen molar-refractivity contribution in [2.24, 2.45) is 11.8 Å². The van der Waals surface area contributed by atoms with Gasteiger partial charge in [-0.2, -0.15) is 13.2 Å². The Morgan fingerprint density at radius 1 is 1.20 bits per heavy atom. The monoisotopic (exact) mass is 287 g/mol. The molecular formula is C13H12F3NO3. The Labute approximate surface area is 112 Å². The van der Waals surface area contributed by atoms with Crippen molar-refractivity contribution < 1.29 is 27.9 Å². The number of nitrogens with one attached hydrogen (secondary N) is 1. The highest BCUT2D eigenvalue weighted by molar-refractivity contribution is 5.98. The zero-order valence-corrected chi connectivity index (χ0v) is 10.3. The highest BCUT2D eigenvalue weighted by atomic mass is 19.4. The molecule has 1 saturated carbocycles. The van der Waals surface area contributed by atoms with E-state index in [-0.39, 0.29) is 5.56 Å². The number of amides is 1. The number of aliphatic carboxylic acids is 1. The Balaban J connectivity index is 1.91. The van der Waals surface area contributed by atoms with Gasteiger partial charge in [0.1, 0.15) is 0 Å². The van der Waals surface area contributed by atoms with Crippen LogP contribution in [0.15, 0.2) is 24.3 Å². The van der Waals surface area contributed by atoms with Gasteiger partial charge in [0, 0.05) is 5.69 Å². The maximum atomic E-state index is 12.2. The molecule has 1 aromatic rings. The van der Waals surface area contributed by atoms with Crippen LogP contribution in [-0.4, -0.2) is 23.2 Å². The summed E-state index contributed by atoms with van der Waals surface area (Å²) in [6.07, 6.45) is -4.99. The molecule has 1 aliphatic rings. The van der Waals surface area contributed by atoms with Gasteiger partial charge in [0.05, 0.1) is 18.3 Å². The topological polar surface area (TPSA) is 66.4 Å². The third kappa shape index (κ3) is 3.72. The molecule has 2 atom stereocenters. The number of carboxylic acids is 1. The second-order valence-electron chi connectivity index (χ2n) is 4.77. The fourth-order valence-corrected chi connectivity index (χ4v) is 1.93. The fourth-order valence-electron chi connectivity index (χ4n) is 1.93. The third-order valence-corrected chi connectivity index (χ3v) is 3.07. The molecule has 1 aromatic carbocycles. The zero-order valence-electron chi connectivity index (χ0n) is 10.3. The molecule has 4 nitrogen and oxygen atoms in total. The van der Waals surface area contributed by atoms with Crippen LogP contribution in [0.1, 0.15) is 12.0 Å². The van der Waals surface area contributed by atoms with E-state index < -0.39 is 36.3 Å². The minimum absolute atomic E-state index is 0.102. The molecule has 1 aliphatic carbocycles. The highest BCUT2D eigenvalue weighted by Crippen LogP contribution is 2.39. The largest absolute Gasteiger partial charge is 0.481 e. The van der Waals surface area contributed by atoms with Gasteiger partial charge in [-0.1, -0.05) is 12.1 Å². The number of carboxylic acid groups (broad SMARTS) is 1. The summed E-state index contributed by atoms with van der Waals surface area (Å²) in [7, 11) is 0. The maximum Gasteiger partial charge on any atom is 0.393 e. The Morgan fingerprint density at radius 3 is 2.25 bits per heavy atom. The molecule has 7 heteroatoms. The number of rotatable bonds is 4. The van der Waals surface area contributed by atoms with Crippen molar-refractivity contribution in [1.82, 2.24) is 0 Å². The number of anilines is 1. The molecule has 0 heterocycles. The minimum Gasteiger partial charge on any atom is -0.481 e. The number of carbonyl (C=O) groups is 2. The predicted molar refractivity (Wildman–Crippen MR) is 64.1 cm³/mol. The summed E-state index contributed by atoms with van der Waals surface area (Å²) in [6.45, 7) is 0. The number of benzene rings is 1. The van der Waals surface area contributed by atoms with Gasteiger partial charge in [-0.3, -0.25) is 9.59 Å². The summed E-state index contributed by atoms with van der Waals surface area (Å²) < 4.78 is 36.5. The number of carbonyl (C=O) groups excluding carboxylic acids is 1. The molecule has 20 heavy (non-hydrogen) atoms. The molecule has 2 rings (SSSR count). The van der Waals surface area contributed by atoms with Crippen molar-refractivity contribution in [2.75, 3.05) is 5.32 Å². The lowest BCUT2D eigenvalue weighted by Gasteiger charge is -2.08. The molecule has 0 unspecified atom stereocenters. The molecule has 1 amide bonds. The fraction of sp³-hybridized carbons (Fsp3) is 0.385. The summed E-state index contributed by atoms with van der Waals surface area (Å²) in [5.41, 5.74) is 0.460. The van der Waals surface area contributed by atoms with E-state index in [1.807, 2.05) is 0 Å². The summed E-state index contributed by atoms with van der Waals surface area (Å²) in [5, 5.41) is 11.2. The number of halogens is 3. The molecule has 108 valence electrons. The summed E-state index contributed by atoms with van der Waals surface area (Å²) in [4.78, 5) is 22.3. The van der Waals surface area contributed by atoms with Crippen LogP contribution >= 0.6 is 0 Å². The van der Waals surface area contributed by atoms with Gasteiger partial charge in [-0.05, 0) is 24.1 Å². The second-order valence-corrected chi connectivity index (χ2v) is 4.77. The smallest absolute Gasteiger partial charge is 0.393 e. The van der Waals surface area contributed by atoms with Crippen LogP contribution in [-0.2, 0) is 16.0 Å². The number of hydrogen-bond acceptors (Lipinski definition) is 2. The quantitative estimate of drug-likeness (QED) is 0.894. The van der Waals surface area contributed by atoms with Crippen molar-refractivity contribution in [3.63, 3.8) is 0 Å². The lowest BCUT2D eigenvalue weighted by molar-refractivity contribution is -0.139. The van der Waals surface area contributed by atoms with Crippen LogP contribution < -0.4 is 5.32 Å². The van der Waals surface area contributed by atoms with E-state index in [2.05, 4.69) is 5.32 Å². The van der Waals surface area contributed by atoms with Gasteiger partial charge in [0.25, 0.3) is 0 Å². The van der Waals surface area contributed by atoms with Gasteiger partial charge >= 0.3 is 12.1 Å². The van der Waals surface area contributed by atoms with Crippen LogP contribution in [0.5, 0.6) is 0 Å². The zero-order chi connectivity index (χ0) is 14.9. The van der Waals surface area contributed by atoms with E-state index in [9.17, 15) is 22.8 Å². The van der Waals surface area contributed by atoms with E-state index in [1.165, 1.54) is 24.3 Å². The molecule has 2 N–H and O–H groups in total. The summed E-state index contributed by atoms with van der Waals surface area (Å²) >= 11 is 0. The average Bonchev–Trinajstić information content (AvgIpc) is 3.09. The van der Waals surface area contributed by atoms with Crippen molar-refractivity contribution >= 4 is 17.6 Å². The first-order valence-corrected chi connectivity index (χ1v) is 5.95. The predicted octanol–water partition coefficient (Wildman–Crippen LogP) is 2.45. The normalized spacial score (nSPS) is 21.4. The Bertz CT molecular complexity index is 525. The van der Waals surface area contributed by atoms with Crippen LogP contribution in [0.2, 0.25) is 0 Å². The first kappa shape index (κ1) is 14.4. The lowest BCUT2D eigenvalue weighted by Crippen LogP contribution is -2.17. The van der Waals surface area contributed by atoms with Gasteiger partial charge in [-0.25, -0.2) is 0 Å². The van der Waals surface area contributed by atoms with Crippen LogP contribution in [0, 0.1) is 11.8 Å². The second kappa shape index (κ2) is 5.15. The number of hydrogen-bond donors (Lipinski definition) is 2. The first-order chi connectivity index (χ1) is 9.26. The van der Waals surface area contributed by atoms with Crippen LogP contribution in [0.4, 0.5) is 18.9 Å². The van der Waals surface area contributed by atoms with Crippen molar-refractivity contribution in [3.05, 3.63) is 29.8 Å². The van der Waals surface area contributed by atoms with E-state index in [0.29, 0.717) is 12.1 Å². The van der Waals surface area contributed by atoms with Crippen LogP contribution in [0.25, 0.3) is 0 Å². The molecule has 0 bridgehead atoms. The van der Waals surface area contributed by atoms with E-state index in [4.69, 9.17) is 5.11 Å². The van der Waals surface area contributed by atoms with E-state index in [1.54, 1.807) is 0 Å². The SMILES string of the molecule is O=C(Nc1ccc(CC(F)(F)F)cc1)[C@H]1C[C@H]1C(=O)O. The minimum atomic E-state index is -4.27. The van der Waals surface area contributed by atoms with E-state index >= 15 is 0 Å². The number of alkyl halides is 3. The lowest BCUT2D eigenvalue weighted by atomic mass is 10.1. The Kier molecular flexibility index (Phi) is 3.69. The van der Waals surface area contributed by atoms with Crippen LogP contribution in [0.3, 0.4) is 0 Å². The molecule has 0 radical (unpaired) electrons.